The Morgan fingerprint density at radius 1 is 0.877 bits per heavy atom. The molecule has 1 aromatic rings. The molecule has 26 heteroatoms. The van der Waals surface area contributed by atoms with Gasteiger partial charge in [0.1, 0.15) is 42.3 Å². The highest BCUT2D eigenvalue weighted by Crippen LogP contribution is 2.20. The highest BCUT2D eigenvalue weighted by atomic mass is 32.2. The number of nitrogens with zero attached hydrogens (tertiary/aromatic N) is 2. The number of amides is 9. The van der Waals surface area contributed by atoms with Crippen LogP contribution in [-0.2, 0) is 54.4 Å². The van der Waals surface area contributed by atoms with Crippen LogP contribution in [0, 0.1) is 5.92 Å². The molecule has 15 N–H and O–H groups in total. The minimum Gasteiger partial charge on any atom is -0.480 e. The van der Waals surface area contributed by atoms with Crippen LogP contribution in [0.25, 0.3) is 0 Å². The maximum atomic E-state index is 14.2. The van der Waals surface area contributed by atoms with Gasteiger partial charge in [-0.1, -0.05) is 20.3 Å². The van der Waals surface area contributed by atoms with Crippen molar-refractivity contribution in [3.8, 4) is 0 Å². The lowest BCUT2D eigenvalue weighted by Crippen LogP contribution is -2.61. The molecule has 364 valence electrons. The molecular weight excluding hydrogens is 877 g/mol. The fourth-order valence-corrected chi connectivity index (χ4v) is 7.00. The summed E-state index contributed by atoms with van der Waals surface area (Å²) in [7, 11) is 0. The lowest BCUT2D eigenvalue weighted by molar-refractivity contribution is -0.144. The van der Waals surface area contributed by atoms with Gasteiger partial charge in [0.15, 0.2) is 0 Å². The number of primary amides is 1. The summed E-state index contributed by atoms with van der Waals surface area (Å²) in [5.74, 6) is -8.74. The molecule has 10 atom stereocenters. The molecule has 0 unspecified atom stereocenters. The Morgan fingerprint density at radius 3 is 2.09 bits per heavy atom. The third-order valence-electron chi connectivity index (χ3n) is 10.6. The van der Waals surface area contributed by atoms with E-state index in [9.17, 15) is 63.3 Å². The summed E-state index contributed by atoms with van der Waals surface area (Å²) < 4.78 is 0. The number of thioether (sulfide) groups is 1. The average molecular weight is 941 g/mol. The molecule has 2 rings (SSSR count). The third-order valence-corrected chi connectivity index (χ3v) is 11.2. The molecule has 65 heavy (non-hydrogen) atoms. The van der Waals surface area contributed by atoms with Crippen LogP contribution < -0.4 is 48.7 Å². The second-order valence-corrected chi connectivity index (χ2v) is 16.7. The number of hydrogen-bond acceptors (Lipinski definition) is 15. The first-order chi connectivity index (χ1) is 30.6. The number of aliphatic carboxylic acids is 1. The largest absolute Gasteiger partial charge is 0.480 e. The molecule has 1 aliphatic heterocycles. The van der Waals surface area contributed by atoms with Crippen LogP contribution in [0.1, 0.15) is 71.9 Å². The number of carboxylic acid groups (broad SMARTS) is 1. The van der Waals surface area contributed by atoms with E-state index in [2.05, 4.69) is 47.2 Å². The zero-order chi connectivity index (χ0) is 49.0. The molecule has 9 amide bonds. The van der Waals surface area contributed by atoms with Crippen LogP contribution in [0.15, 0.2) is 12.5 Å². The number of carboxylic acids is 1. The van der Waals surface area contributed by atoms with Crippen LogP contribution in [0.4, 0.5) is 0 Å². The van der Waals surface area contributed by atoms with Crippen LogP contribution >= 0.6 is 11.8 Å². The zero-order valence-electron chi connectivity index (χ0n) is 37.1. The van der Waals surface area contributed by atoms with Gasteiger partial charge in [0.25, 0.3) is 0 Å². The fourth-order valence-electron chi connectivity index (χ4n) is 6.51. The quantitative estimate of drug-likeness (QED) is 0.0374. The maximum absolute atomic E-state index is 14.2. The molecule has 1 aliphatic rings. The van der Waals surface area contributed by atoms with Gasteiger partial charge in [-0.3, -0.25) is 43.2 Å². The van der Waals surface area contributed by atoms with Crippen LogP contribution in [0.2, 0.25) is 0 Å². The smallest absolute Gasteiger partial charge is 0.328 e. The first-order valence-corrected chi connectivity index (χ1v) is 22.5. The average Bonchev–Trinajstić information content (AvgIpc) is 3.98. The Morgan fingerprint density at radius 2 is 1.52 bits per heavy atom. The van der Waals surface area contributed by atoms with Crippen LogP contribution in [-0.4, -0.2) is 175 Å². The zero-order valence-corrected chi connectivity index (χ0v) is 37.9. The predicted molar refractivity (Wildman–Crippen MR) is 233 cm³/mol. The number of nitrogens with one attached hydrogen (secondary N) is 8. The summed E-state index contributed by atoms with van der Waals surface area (Å²) in [6.45, 7) is 4.36. The van der Waals surface area contributed by atoms with Crippen molar-refractivity contribution in [2.75, 3.05) is 31.7 Å². The number of aromatic amines is 1. The maximum Gasteiger partial charge on any atom is 0.328 e. The fraction of sp³-hybridized carbons (Fsp3) is 0.667. The van der Waals surface area contributed by atoms with Gasteiger partial charge >= 0.3 is 5.97 Å². The lowest BCUT2D eigenvalue weighted by Gasteiger charge is -2.31. The van der Waals surface area contributed by atoms with E-state index in [1.807, 2.05) is 6.26 Å². The van der Waals surface area contributed by atoms with E-state index in [0.717, 1.165) is 0 Å². The topological polar surface area (TPSA) is 400 Å². The van der Waals surface area contributed by atoms with Gasteiger partial charge in [0.05, 0.1) is 31.6 Å². The Bertz CT molecular complexity index is 1820. The van der Waals surface area contributed by atoms with Gasteiger partial charge < -0.3 is 73.9 Å². The molecule has 0 aromatic carbocycles. The molecular formula is C39H64N12O13S. The normalized spacial score (nSPS) is 17.6. The molecule has 0 aliphatic carbocycles. The number of carbonyl (C=O) groups excluding carboxylic acids is 9. The van der Waals surface area contributed by atoms with E-state index in [-0.39, 0.29) is 32.2 Å². The third kappa shape index (κ3) is 17.9. The van der Waals surface area contributed by atoms with Gasteiger partial charge in [-0.05, 0) is 57.5 Å². The molecule has 0 saturated carbocycles. The summed E-state index contributed by atoms with van der Waals surface area (Å²) in [6.07, 6.45) is 3.58. The van der Waals surface area contributed by atoms with Gasteiger partial charge in [0, 0.05) is 31.3 Å². The van der Waals surface area contributed by atoms with Crippen molar-refractivity contribution in [2.45, 2.75) is 127 Å². The Kier molecular flexibility index (Phi) is 23.4. The number of aliphatic hydroxyl groups is 2. The SMILES string of the molecule is CC[C@H](C)[C@H](NC(=O)[C@H](C)NC(=O)[C@@H]1CCCN1C(=O)[C@H](Cc1cnc[nH]1)NC(=O)[C@@H](NC(=O)CNC(=O)[C@H](CCC(N)=O)NC(=O)[C@@H](N)CCSC)[C@@H](C)O)C(=O)N[C@@H](CO)C(=O)O. The molecule has 1 aromatic heterocycles. The summed E-state index contributed by atoms with van der Waals surface area (Å²) in [5, 5.41) is 46.0. The molecule has 0 bridgehead atoms. The number of imidazole rings is 1. The van der Waals surface area contributed by atoms with Gasteiger partial charge in [-0.2, -0.15) is 11.8 Å². The van der Waals surface area contributed by atoms with Crippen molar-refractivity contribution in [1.29, 1.82) is 0 Å². The first-order valence-electron chi connectivity index (χ1n) is 21.1. The van der Waals surface area contributed by atoms with Crippen molar-refractivity contribution in [2.24, 2.45) is 17.4 Å². The van der Waals surface area contributed by atoms with Crippen molar-refractivity contribution >= 4 is 70.9 Å². The summed E-state index contributed by atoms with van der Waals surface area (Å²) >= 11 is 1.46. The summed E-state index contributed by atoms with van der Waals surface area (Å²) in [4.78, 5) is 137. The summed E-state index contributed by atoms with van der Waals surface area (Å²) in [6, 6.07) is -10.5. The minimum atomic E-state index is -1.67. The molecule has 0 radical (unpaired) electrons. The van der Waals surface area contributed by atoms with E-state index in [1.54, 1.807) is 13.8 Å². The van der Waals surface area contributed by atoms with Crippen molar-refractivity contribution in [3.05, 3.63) is 18.2 Å². The number of aromatic nitrogens is 2. The monoisotopic (exact) mass is 940 g/mol. The Labute approximate surface area is 379 Å². The van der Waals surface area contributed by atoms with Gasteiger partial charge in [-0.25, -0.2) is 9.78 Å². The lowest BCUT2D eigenvalue weighted by atomic mass is 9.97. The first kappa shape index (κ1) is 55.3. The molecule has 2 heterocycles. The number of aliphatic hydroxyl groups excluding tert-OH is 2. The van der Waals surface area contributed by atoms with Crippen LogP contribution in [0.3, 0.4) is 0 Å². The number of H-pyrrole nitrogens is 1. The van der Waals surface area contributed by atoms with E-state index in [1.165, 1.54) is 43.0 Å². The second kappa shape index (κ2) is 27.5. The van der Waals surface area contributed by atoms with E-state index in [4.69, 9.17) is 11.5 Å². The minimum absolute atomic E-state index is 0.0691. The number of likely N-dealkylation sites (tertiary alicyclic amines) is 1. The van der Waals surface area contributed by atoms with Gasteiger partial charge in [0.2, 0.25) is 53.2 Å². The molecule has 25 nitrogen and oxygen atoms in total. The molecule has 0 spiro atoms. The number of carbonyl (C=O) groups is 10. The van der Waals surface area contributed by atoms with Crippen LogP contribution in [0.5, 0.6) is 0 Å². The highest BCUT2D eigenvalue weighted by molar-refractivity contribution is 7.98. The predicted octanol–water partition coefficient (Wildman–Crippen LogP) is -5.16. The number of hydrogen-bond donors (Lipinski definition) is 13. The number of nitrogens with two attached hydrogens (primary N) is 2. The van der Waals surface area contributed by atoms with E-state index < -0.39 is 133 Å². The Hall–Kier alpha value is -5.86. The van der Waals surface area contributed by atoms with Crippen molar-refractivity contribution in [3.63, 3.8) is 0 Å². The van der Waals surface area contributed by atoms with E-state index >= 15 is 0 Å². The number of rotatable bonds is 28. The standard InChI is InChI=1S/C39H64N12O13S/c1-6-19(2)30(36(60)48-26(17-52)39(63)64)50-32(56)20(3)45-35(59)27-8-7-12-51(27)38(62)25(14-22-15-42-18-44-22)47-37(61)31(21(4)53)49-29(55)16-43-34(58)24(9-10-28(41)54)46-33(57)23(40)11-13-65-5/h15,18-21,23-27,30-31,52-53H,6-14,16-17,40H2,1-5H3,(H2,41,54)(H,42,44)(H,43,58)(H,45,59)(H,46,57)(H,47,61)(H,48,60)(H,49,55)(H,50,56)(H,63,64)/t19-,20-,21+,23-,24-,25-,26-,27-,30-,31-/m0/s1. The Balaban J connectivity index is 2.19. The van der Waals surface area contributed by atoms with E-state index in [0.29, 0.717) is 30.7 Å². The second-order valence-electron chi connectivity index (χ2n) is 15.7. The van der Waals surface area contributed by atoms with Gasteiger partial charge in [-0.15, -0.1) is 0 Å². The highest BCUT2D eigenvalue weighted by Gasteiger charge is 2.40. The molecule has 1 fully saturated rings. The summed E-state index contributed by atoms with van der Waals surface area (Å²) in [5.41, 5.74) is 11.5. The molecule has 1 saturated heterocycles. The van der Waals surface area contributed by atoms with Crippen molar-refractivity contribution in [1.82, 2.24) is 52.1 Å². The van der Waals surface area contributed by atoms with Crippen molar-refractivity contribution < 1.29 is 63.3 Å².